The Bertz CT molecular complexity index is 918. The van der Waals surface area contributed by atoms with Crippen molar-refractivity contribution in [2.24, 2.45) is 0 Å². The number of rotatable bonds is 5. The number of fused-ring (bicyclic) bond motifs is 1. The number of nitrogens with zero attached hydrogens (tertiary/aromatic N) is 1. The van der Waals surface area contributed by atoms with Crippen molar-refractivity contribution in [3.05, 3.63) is 47.5 Å². The van der Waals surface area contributed by atoms with Gasteiger partial charge in [-0.25, -0.2) is 4.98 Å². The van der Waals surface area contributed by atoms with E-state index >= 15 is 0 Å². The standard InChI is InChI=1S/C19H20N2O3S/c1-11(2)12-7-6-10-15-16(12)20-19(25-15)21-18(22)13-8-5-9-14(23-3)17(13)24-4/h5-11H,1-4H3,(H,20,21,22). The third-order valence-electron chi connectivity index (χ3n) is 3.94. The number of ether oxygens (including phenoxy) is 2. The summed E-state index contributed by atoms with van der Waals surface area (Å²) in [5, 5.41) is 3.44. The summed E-state index contributed by atoms with van der Waals surface area (Å²) in [6.07, 6.45) is 0. The van der Waals surface area contributed by atoms with Crippen molar-refractivity contribution in [3.8, 4) is 11.5 Å². The van der Waals surface area contributed by atoms with Gasteiger partial charge < -0.3 is 9.47 Å². The summed E-state index contributed by atoms with van der Waals surface area (Å²) in [5.74, 6) is 1.02. The number of carbonyl (C=O) groups excluding carboxylic acids is 1. The monoisotopic (exact) mass is 356 g/mol. The van der Waals surface area contributed by atoms with Crippen LogP contribution in [0.2, 0.25) is 0 Å². The number of hydrogen-bond donors (Lipinski definition) is 1. The Morgan fingerprint density at radius 1 is 1.12 bits per heavy atom. The third-order valence-corrected chi connectivity index (χ3v) is 4.88. The second kappa shape index (κ2) is 7.11. The van der Waals surface area contributed by atoms with Gasteiger partial charge in [0, 0.05) is 0 Å². The molecule has 3 aromatic rings. The van der Waals surface area contributed by atoms with Gasteiger partial charge in [-0.3, -0.25) is 10.1 Å². The van der Waals surface area contributed by atoms with E-state index in [-0.39, 0.29) is 5.91 Å². The van der Waals surface area contributed by atoms with Gasteiger partial charge in [0.2, 0.25) is 0 Å². The van der Waals surface area contributed by atoms with Gasteiger partial charge in [-0.15, -0.1) is 0 Å². The molecule has 0 fully saturated rings. The van der Waals surface area contributed by atoms with Crippen molar-refractivity contribution in [2.45, 2.75) is 19.8 Å². The first kappa shape index (κ1) is 17.2. The first-order chi connectivity index (χ1) is 12.0. The second-order valence-corrected chi connectivity index (χ2v) is 6.89. The number of hydrogen-bond acceptors (Lipinski definition) is 5. The second-order valence-electron chi connectivity index (χ2n) is 5.86. The maximum Gasteiger partial charge on any atom is 0.261 e. The molecule has 1 heterocycles. The minimum absolute atomic E-state index is 0.277. The molecule has 0 spiro atoms. The van der Waals surface area contributed by atoms with Crippen LogP contribution in [0.4, 0.5) is 5.13 Å². The van der Waals surface area contributed by atoms with Gasteiger partial charge in [-0.05, 0) is 29.7 Å². The topological polar surface area (TPSA) is 60.5 Å². The molecule has 25 heavy (non-hydrogen) atoms. The number of amides is 1. The highest BCUT2D eigenvalue weighted by Crippen LogP contribution is 2.34. The molecular formula is C19H20N2O3S. The SMILES string of the molecule is COc1cccc(C(=O)Nc2nc3c(C(C)C)cccc3s2)c1OC. The molecule has 0 unspecified atom stereocenters. The Kier molecular flexibility index (Phi) is 4.90. The van der Waals surface area contributed by atoms with Crippen molar-refractivity contribution in [2.75, 3.05) is 19.5 Å². The number of nitrogens with one attached hydrogen (secondary N) is 1. The first-order valence-electron chi connectivity index (χ1n) is 7.97. The average Bonchev–Trinajstić information content (AvgIpc) is 3.02. The molecule has 0 saturated carbocycles. The van der Waals surface area contributed by atoms with Crippen LogP contribution >= 0.6 is 11.3 Å². The number of aromatic nitrogens is 1. The van der Waals surface area contributed by atoms with Crippen LogP contribution in [-0.4, -0.2) is 25.1 Å². The first-order valence-corrected chi connectivity index (χ1v) is 8.78. The van der Waals surface area contributed by atoms with Gasteiger partial charge in [-0.1, -0.05) is 43.4 Å². The average molecular weight is 356 g/mol. The third kappa shape index (κ3) is 3.30. The zero-order valence-electron chi connectivity index (χ0n) is 14.6. The molecule has 3 rings (SSSR count). The predicted molar refractivity (Wildman–Crippen MR) is 101 cm³/mol. The van der Waals surface area contributed by atoms with E-state index in [1.165, 1.54) is 24.0 Å². The van der Waals surface area contributed by atoms with Gasteiger partial charge >= 0.3 is 0 Å². The Morgan fingerprint density at radius 2 is 1.88 bits per heavy atom. The van der Waals surface area contributed by atoms with E-state index in [9.17, 15) is 4.79 Å². The summed E-state index contributed by atoms with van der Waals surface area (Å²) < 4.78 is 11.6. The molecule has 0 saturated heterocycles. The van der Waals surface area contributed by atoms with Gasteiger partial charge in [-0.2, -0.15) is 0 Å². The van der Waals surface area contributed by atoms with Crippen LogP contribution in [0.5, 0.6) is 11.5 Å². The molecule has 2 aromatic carbocycles. The van der Waals surface area contributed by atoms with Crippen LogP contribution in [-0.2, 0) is 0 Å². The normalized spacial score (nSPS) is 10.9. The highest BCUT2D eigenvalue weighted by atomic mass is 32.1. The highest BCUT2D eigenvalue weighted by molar-refractivity contribution is 7.22. The van der Waals surface area contributed by atoms with Gasteiger partial charge in [0.1, 0.15) is 0 Å². The zero-order chi connectivity index (χ0) is 18.0. The lowest BCUT2D eigenvalue weighted by Crippen LogP contribution is -2.13. The van der Waals surface area contributed by atoms with Crippen molar-refractivity contribution in [3.63, 3.8) is 0 Å². The van der Waals surface area contributed by atoms with E-state index in [0.29, 0.717) is 28.1 Å². The van der Waals surface area contributed by atoms with E-state index in [4.69, 9.17) is 9.47 Å². The van der Waals surface area contributed by atoms with Crippen LogP contribution in [0.15, 0.2) is 36.4 Å². The lowest BCUT2D eigenvalue weighted by Gasteiger charge is -2.11. The van der Waals surface area contributed by atoms with Crippen molar-refractivity contribution >= 4 is 32.6 Å². The molecule has 0 radical (unpaired) electrons. The predicted octanol–water partition coefficient (Wildman–Crippen LogP) is 4.69. The van der Waals surface area contributed by atoms with E-state index in [2.05, 4.69) is 30.2 Å². The number of para-hydroxylation sites is 2. The summed E-state index contributed by atoms with van der Waals surface area (Å²) in [4.78, 5) is 17.3. The minimum atomic E-state index is -0.277. The van der Waals surface area contributed by atoms with Crippen molar-refractivity contribution in [1.82, 2.24) is 4.98 Å². The van der Waals surface area contributed by atoms with Crippen molar-refractivity contribution < 1.29 is 14.3 Å². The molecule has 0 aliphatic carbocycles. The fraction of sp³-hybridized carbons (Fsp3) is 0.263. The fourth-order valence-electron chi connectivity index (χ4n) is 2.72. The molecule has 1 aromatic heterocycles. The van der Waals surface area contributed by atoms with Crippen LogP contribution in [0, 0.1) is 0 Å². The van der Waals surface area contributed by atoms with E-state index in [0.717, 1.165) is 10.2 Å². The summed E-state index contributed by atoms with van der Waals surface area (Å²) in [5.41, 5.74) is 2.52. The molecule has 0 aliphatic rings. The Morgan fingerprint density at radius 3 is 2.56 bits per heavy atom. The molecule has 0 aliphatic heterocycles. The molecule has 0 atom stereocenters. The summed E-state index contributed by atoms with van der Waals surface area (Å²) in [6, 6.07) is 11.3. The maximum absolute atomic E-state index is 12.7. The minimum Gasteiger partial charge on any atom is -0.493 e. The van der Waals surface area contributed by atoms with Crippen LogP contribution < -0.4 is 14.8 Å². The van der Waals surface area contributed by atoms with Crippen LogP contribution in [0.3, 0.4) is 0 Å². The van der Waals surface area contributed by atoms with Gasteiger partial charge in [0.15, 0.2) is 16.6 Å². The summed E-state index contributed by atoms with van der Waals surface area (Å²) >= 11 is 1.46. The smallest absolute Gasteiger partial charge is 0.261 e. The lowest BCUT2D eigenvalue weighted by molar-refractivity contribution is 0.102. The molecular weight excluding hydrogens is 336 g/mol. The highest BCUT2D eigenvalue weighted by Gasteiger charge is 2.18. The van der Waals surface area contributed by atoms with Gasteiger partial charge in [0.25, 0.3) is 5.91 Å². The molecule has 6 heteroatoms. The Labute approximate surface area is 150 Å². The van der Waals surface area contributed by atoms with E-state index in [1.54, 1.807) is 25.3 Å². The number of thiazole rings is 1. The number of benzene rings is 2. The Hall–Kier alpha value is -2.60. The largest absolute Gasteiger partial charge is 0.493 e. The van der Waals surface area contributed by atoms with E-state index in [1.807, 2.05) is 12.1 Å². The van der Waals surface area contributed by atoms with Crippen LogP contribution in [0.25, 0.3) is 10.2 Å². The van der Waals surface area contributed by atoms with Crippen molar-refractivity contribution in [1.29, 1.82) is 0 Å². The fourth-order valence-corrected chi connectivity index (χ4v) is 3.62. The summed E-state index contributed by atoms with van der Waals surface area (Å²) in [6.45, 7) is 4.26. The summed E-state index contributed by atoms with van der Waals surface area (Å²) in [7, 11) is 3.06. The quantitative estimate of drug-likeness (QED) is 0.720. The Balaban J connectivity index is 1.94. The van der Waals surface area contributed by atoms with Gasteiger partial charge in [0.05, 0.1) is 30.0 Å². The number of methoxy groups -OCH3 is 2. The molecule has 5 nitrogen and oxygen atoms in total. The molecule has 130 valence electrons. The maximum atomic E-state index is 12.7. The van der Waals surface area contributed by atoms with E-state index < -0.39 is 0 Å². The molecule has 1 N–H and O–H groups in total. The van der Waals surface area contributed by atoms with Crippen LogP contribution in [0.1, 0.15) is 35.7 Å². The molecule has 0 bridgehead atoms. The number of anilines is 1. The zero-order valence-corrected chi connectivity index (χ0v) is 15.4. The molecule has 1 amide bonds. The number of carbonyl (C=O) groups is 1. The lowest BCUT2D eigenvalue weighted by atomic mass is 10.0.